The third-order valence-electron chi connectivity index (χ3n) is 4.49. The number of aliphatic hydroxyl groups is 1. The van der Waals surface area contributed by atoms with E-state index in [0.717, 1.165) is 12.0 Å². The highest BCUT2D eigenvalue weighted by Crippen LogP contribution is 2.34. The van der Waals surface area contributed by atoms with Gasteiger partial charge in [0.15, 0.2) is 5.76 Å². The number of carbonyl (C=O) groups is 1. The molecule has 1 aliphatic heterocycles. The molecule has 1 fully saturated rings. The van der Waals surface area contributed by atoms with E-state index < -0.39 is 5.41 Å². The Labute approximate surface area is 135 Å². The third kappa shape index (κ3) is 3.02. The Bertz CT molecular complexity index is 667. The van der Waals surface area contributed by atoms with Crippen molar-refractivity contribution in [2.75, 3.05) is 26.8 Å². The summed E-state index contributed by atoms with van der Waals surface area (Å²) in [6, 6.07) is 13.3. The van der Waals surface area contributed by atoms with Gasteiger partial charge >= 0.3 is 0 Å². The molecule has 0 radical (unpaired) electrons. The van der Waals surface area contributed by atoms with Gasteiger partial charge in [0, 0.05) is 25.6 Å². The van der Waals surface area contributed by atoms with Crippen molar-refractivity contribution in [3.8, 4) is 0 Å². The SMILES string of the molecule is COCc1ccc(C(=O)N2CCC(CO)(c3ccccc3)C2)o1. The number of hydrogen-bond acceptors (Lipinski definition) is 4. The largest absolute Gasteiger partial charge is 0.453 e. The van der Waals surface area contributed by atoms with Crippen molar-refractivity contribution < 1.29 is 19.1 Å². The minimum Gasteiger partial charge on any atom is -0.453 e. The van der Waals surface area contributed by atoms with Crippen LogP contribution < -0.4 is 0 Å². The first-order chi connectivity index (χ1) is 11.2. The lowest BCUT2D eigenvalue weighted by atomic mass is 9.80. The van der Waals surface area contributed by atoms with E-state index in [1.807, 2.05) is 30.3 Å². The third-order valence-corrected chi connectivity index (χ3v) is 4.49. The van der Waals surface area contributed by atoms with Crippen molar-refractivity contribution in [3.63, 3.8) is 0 Å². The first kappa shape index (κ1) is 15.8. The number of hydrogen-bond donors (Lipinski definition) is 1. The number of amides is 1. The van der Waals surface area contributed by atoms with Crippen molar-refractivity contribution in [1.29, 1.82) is 0 Å². The minimum atomic E-state index is -0.390. The molecule has 2 aromatic rings. The number of methoxy groups -OCH3 is 1. The van der Waals surface area contributed by atoms with Crippen molar-refractivity contribution in [1.82, 2.24) is 4.90 Å². The van der Waals surface area contributed by atoms with Gasteiger partial charge in [0.2, 0.25) is 0 Å². The van der Waals surface area contributed by atoms with E-state index in [4.69, 9.17) is 9.15 Å². The van der Waals surface area contributed by atoms with E-state index in [9.17, 15) is 9.90 Å². The minimum absolute atomic E-state index is 0.0217. The molecule has 1 amide bonds. The van der Waals surface area contributed by atoms with Crippen LogP contribution >= 0.6 is 0 Å². The molecular weight excluding hydrogens is 294 g/mol. The zero-order chi connectivity index (χ0) is 16.3. The van der Waals surface area contributed by atoms with Crippen LogP contribution in [0.25, 0.3) is 0 Å². The van der Waals surface area contributed by atoms with Crippen LogP contribution in [0.2, 0.25) is 0 Å². The Hall–Kier alpha value is -2.11. The van der Waals surface area contributed by atoms with Crippen LogP contribution in [-0.2, 0) is 16.8 Å². The average Bonchev–Trinajstić information content (AvgIpc) is 3.23. The van der Waals surface area contributed by atoms with Crippen LogP contribution in [0.15, 0.2) is 46.9 Å². The molecule has 1 aliphatic rings. The number of carbonyl (C=O) groups excluding carboxylic acids is 1. The summed E-state index contributed by atoms with van der Waals surface area (Å²) in [4.78, 5) is 14.4. The van der Waals surface area contributed by atoms with E-state index in [1.54, 1.807) is 24.1 Å². The number of likely N-dealkylation sites (tertiary alicyclic amines) is 1. The van der Waals surface area contributed by atoms with Gasteiger partial charge < -0.3 is 19.2 Å². The maximum Gasteiger partial charge on any atom is 0.289 e. The summed E-state index contributed by atoms with van der Waals surface area (Å²) in [5.74, 6) is 0.809. The van der Waals surface area contributed by atoms with Crippen LogP contribution in [0.5, 0.6) is 0 Å². The zero-order valence-electron chi connectivity index (χ0n) is 13.2. The summed E-state index contributed by atoms with van der Waals surface area (Å²) >= 11 is 0. The van der Waals surface area contributed by atoms with Crippen molar-refractivity contribution in [2.24, 2.45) is 0 Å². The number of aliphatic hydroxyl groups excluding tert-OH is 1. The van der Waals surface area contributed by atoms with Crippen LogP contribution in [0, 0.1) is 0 Å². The topological polar surface area (TPSA) is 62.9 Å². The number of rotatable bonds is 5. The number of nitrogens with zero attached hydrogens (tertiary/aromatic N) is 1. The summed E-state index contributed by atoms with van der Waals surface area (Å²) < 4.78 is 10.5. The fourth-order valence-corrected chi connectivity index (χ4v) is 3.16. The fraction of sp³-hybridized carbons (Fsp3) is 0.389. The highest BCUT2D eigenvalue weighted by atomic mass is 16.5. The summed E-state index contributed by atoms with van der Waals surface area (Å²) in [7, 11) is 1.58. The predicted molar refractivity (Wildman–Crippen MR) is 85.1 cm³/mol. The van der Waals surface area contributed by atoms with Crippen molar-refractivity contribution >= 4 is 5.91 Å². The first-order valence-corrected chi connectivity index (χ1v) is 7.72. The molecule has 2 heterocycles. The Morgan fingerprint density at radius 2 is 2.09 bits per heavy atom. The molecule has 122 valence electrons. The summed E-state index contributed by atoms with van der Waals surface area (Å²) in [5.41, 5.74) is 0.677. The zero-order valence-corrected chi connectivity index (χ0v) is 13.2. The molecule has 0 aliphatic carbocycles. The van der Waals surface area contributed by atoms with E-state index in [1.165, 1.54) is 0 Å². The molecule has 5 nitrogen and oxygen atoms in total. The Balaban J connectivity index is 1.76. The molecule has 1 N–H and O–H groups in total. The molecule has 1 aromatic heterocycles. The number of ether oxygens (including phenoxy) is 1. The van der Waals surface area contributed by atoms with Gasteiger partial charge in [0.25, 0.3) is 5.91 Å². The number of benzene rings is 1. The lowest BCUT2D eigenvalue weighted by molar-refractivity contribution is 0.0735. The monoisotopic (exact) mass is 315 g/mol. The summed E-state index contributed by atoms with van der Waals surface area (Å²) in [6.07, 6.45) is 0.741. The molecule has 5 heteroatoms. The second-order valence-corrected chi connectivity index (χ2v) is 5.98. The highest BCUT2D eigenvalue weighted by molar-refractivity contribution is 5.91. The van der Waals surface area contributed by atoms with E-state index in [0.29, 0.717) is 31.2 Å². The average molecular weight is 315 g/mol. The molecule has 0 bridgehead atoms. The van der Waals surface area contributed by atoms with Gasteiger partial charge in [-0.05, 0) is 24.1 Å². The highest BCUT2D eigenvalue weighted by Gasteiger charge is 2.41. The Morgan fingerprint density at radius 3 is 2.78 bits per heavy atom. The van der Waals surface area contributed by atoms with Crippen LogP contribution in [0.3, 0.4) is 0 Å². The normalized spacial score (nSPS) is 20.9. The Morgan fingerprint density at radius 1 is 1.30 bits per heavy atom. The molecule has 1 aromatic carbocycles. The first-order valence-electron chi connectivity index (χ1n) is 7.72. The lowest BCUT2D eigenvalue weighted by Gasteiger charge is -2.27. The molecule has 3 rings (SSSR count). The van der Waals surface area contributed by atoms with E-state index in [2.05, 4.69) is 0 Å². The molecule has 23 heavy (non-hydrogen) atoms. The number of furan rings is 1. The van der Waals surface area contributed by atoms with Crippen LogP contribution in [0.4, 0.5) is 0 Å². The van der Waals surface area contributed by atoms with Gasteiger partial charge in [-0.3, -0.25) is 4.79 Å². The van der Waals surface area contributed by atoms with Gasteiger partial charge in [-0.2, -0.15) is 0 Å². The fourth-order valence-electron chi connectivity index (χ4n) is 3.16. The molecule has 0 saturated carbocycles. The summed E-state index contributed by atoms with van der Waals surface area (Å²) in [6.45, 7) is 1.47. The predicted octanol–water partition coefficient (Wildman–Crippen LogP) is 2.20. The van der Waals surface area contributed by atoms with Gasteiger partial charge in [0.05, 0.1) is 6.61 Å². The van der Waals surface area contributed by atoms with Gasteiger partial charge in [-0.15, -0.1) is 0 Å². The maximum absolute atomic E-state index is 12.6. The molecule has 0 spiro atoms. The van der Waals surface area contributed by atoms with E-state index >= 15 is 0 Å². The lowest BCUT2D eigenvalue weighted by Crippen LogP contribution is -2.36. The molecule has 1 saturated heterocycles. The van der Waals surface area contributed by atoms with Gasteiger partial charge in [-0.1, -0.05) is 30.3 Å². The second kappa shape index (κ2) is 6.56. The van der Waals surface area contributed by atoms with E-state index in [-0.39, 0.29) is 12.5 Å². The smallest absolute Gasteiger partial charge is 0.289 e. The van der Waals surface area contributed by atoms with Gasteiger partial charge in [-0.25, -0.2) is 0 Å². The van der Waals surface area contributed by atoms with Crippen molar-refractivity contribution in [2.45, 2.75) is 18.4 Å². The van der Waals surface area contributed by atoms with Crippen LogP contribution in [-0.4, -0.2) is 42.7 Å². The molecule has 1 atom stereocenters. The second-order valence-electron chi connectivity index (χ2n) is 5.98. The molecular formula is C18H21NO4. The summed E-state index contributed by atoms with van der Waals surface area (Å²) in [5, 5.41) is 9.94. The standard InChI is InChI=1S/C18H21NO4/c1-22-11-15-7-8-16(23-15)17(21)19-10-9-18(12-19,13-20)14-5-3-2-4-6-14/h2-8,20H,9-13H2,1H3. The van der Waals surface area contributed by atoms with Crippen molar-refractivity contribution in [3.05, 3.63) is 59.5 Å². The van der Waals surface area contributed by atoms with Gasteiger partial charge in [0.1, 0.15) is 12.4 Å². The quantitative estimate of drug-likeness (QED) is 0.919. The Kier molecular flexibility index (Phi) is 4.50. The molecule has 1 unspecified atom stereocenters. The van der Waals surface area contributed by atoms with Crippen LogP contribution in [0.1, 0.15) is 28.3 Å². The maximum atomic E-state index is 12.6.